The predicted molar refractivity (Wildman–Crippen MR) is 76.5 cm³/mol. The number of hydrogen-bond acceptors (Lipinski definition) is 4. The van der Waals surface area contributed by atoms with E-state index in [-0.39, 0.29) is 26.3 Å². The first kappa shape index (κ1) is 16.0. The minimum absolute atomic E-state index is 0.122. The predicted octanol–water partition coefficient (Wildman–Crippen LogP) is 2.46. The van der Waals surface area contributed by atoms with Crippen LogP contribution in [0.2, 0.25) is 10.0 Å². The lowest BCUT2D eigenvalue weighted by Crippen LogP contribution is -2.16. The molecule has 10 heteroatoms. The molecule has 2 aromatic rings. The molecule has 0 unspecified atom stereocenters. The summed E-state index contributed by atoms with van der Waals surface area (Å²) in [5.41, 5.74) is 0.371. The number of aryl methyl sites for hydroxylation is 1. The first-order valence-corrected chi connectivity index (χ1v) is 7.82. The van der Waals surface area contributed by atoms with Crippen molar-refractivity contribution >= 4 is 38.9 Å². The summed E-state index contributed by atoms with van der Waals surface area (Å²) in [5.74, 6) is -0.695. The first-order valence-electron chi connectivity index (χ1n) is 5.58. The van der Waals surface area contributed by atoms with Gasteiger partial charge in [-0.1, -0.05) is 23.2 Å². The van der Waals surface area contributed by atoms with Crippen molar-refractivity contribution in [3.63, 3.8) is 0 Å². The minimum atomic E-state index is -4.14. The average molecular weight is 354 g/mol. The van der Waals surface area contributed by atoms with E-state index in [1.807, 2.05) is 0 Å². The Morgan fingerprint density at radius 2 is 1.95 bits per heavy atom. The van der Waals surface area contributed by atoms with Crippen LogP contribution in [0, 0.1) is 12.7 Å². The molecule has 114 valence electrons. The highest BCUT2D eigenvalue weighted by Crippen LogP contribution is 2.33. The number of benzene rings is 1. The van der Waals surface area contributed by atoms with Gasteiger partial charge in [-0.3, -0.25) is 9.82 Å². The van der Waals surface area contributed by atoms with Gasteiger partial charge in [0.25, 0.3) is 10.0 Å². The molecule has 2 rings (SSSR count). The second-order valence-corrected chi connectivity index (χ2v) is 6.55. The molecule has 0 spiro atoms. The number of nitrogens with one attached hydrogen (secondary N) is 2. The van der Waals surface area contributed by atoms with Crippen LogP contribution in [0.3, 0.4) is 0 Å². The summed E-state index contributed by atoms with van der Waals surface area (Å²) in [4.78, 5) is 0. The molecular weight excluding hydrogens is 344 g/mol. The van der Waals surface area contributed by atoms with E-state index in [9.17, 15) is 17.9 Å². The van der Waals surface area contributed by atoms with Crippen molar-refractivity contribution in [1.82, 2.24) is 10.2 Å². The van der Waals surface area contributed by atoms with E-state index in [4.69, 9.17) is 23.2 Å². The fraction of sp³-hybridized carbons (Fsp3) is 0.182. The van der Waals surface area contributed by atoms with Gasteiger partial charge in [0.05, 0.1) is 22.3 Å². The van der Waals surface area contributed by atoms with Gasteiger partial charge < -0.3 is 5.11 Å². The summed E-state index contributed by atoms with van der Waals surface area (Å²) in [7, 11) is -4.14. The monoisotopic (exact) mass is 353 g/mol. The molecule has 21 heavy (non-hydrogen) atoms. The fourth-order valence-electron chi connectivity index (χ4n) is 1.66. The maximum Gasteiger partial charge on any atom is 0.281 e. The number of hydrogen-bond donors (Lipinski definition) is 3. The normalized spacial score (nSPS) is 11.7. The molecule has 6 nitrogen and oxygen atoms in total. The Morgan fingerprint density at radius 3 is 2.48 bits per heavy atom. The van der Waals surface area contributed by atoms with Gasteiger partial charge in [0.1, 0.15) is 5.82 Å². The third-order valence-electron chi connectivity index (χ3n) is 2.69. The summed E-state index contributed by atoms with van der Waals surface area (Å²) in [6.45, 7) is 1.05. The van der Waals surface area contributed by atoms with Crippen molar-refractivity contribution in [2.45, 2.75) is 18.6 Å². The van der Waals surface area contributed by atoms with E-state index >= 15 is 0 Å². The molecule has 0 aliphatic rings. The molecule has 0 aliphatic heterocycles. The molecule has 3 N–H and O–H groups in total. The smallest absolute Gasteiger partial charge is 0.281 e. The first-order chi connectivity index (χ1) is 9.76. The topological polar surface area (TPSA) is 95.1 Å². The zero-order valence-corrected chi connectivity index (χ0v) is 12.9. The van der Waals surface area contributed by atoms with E-state index in [1.165, 1.54) is 0 Å². The van der Waals surface area contributed by atoms with Crippen molar-refractivity contribution in [2.24, 2.45) is 0 Å². The molecule has 0 atom stereocenters. The Balaban J connectivity index is 2.47. The molecule has 0 fully saturated rings. The van der Waals surface area contributed by atoms with Gasteiger partial charge >= 0.3 is 0 Å². The molecule has 0 saturated heterocycles. The maximum absolute atomic E-state index is 13.1. The van der Waals surface area contributed by atoms with E-state index in [2.05, 4.69) is 14.9 Å². The Bertz CT molecular complexity index is 769. The molecule has 0 radical (unpaired) electrons. The maximum atomic E-state index is 13.1. The van der Waals surface area contributed by atoms with Crippen molar-refractivity contribution in [3.8, 4) is 0 Å². The Labute approximate surface area is 129 Å². The zero-order valence-electron chi connectivity index (χ0n) is 10.6. The highest BCUT2D eigenvalue weighted by Gasteiger charge is 2.25. The summed E-state index contributed by atoms with van der Waals surface area (Å²) >= 11 is 11.6. The second kappa shape index (κ2) is 5.80. The van der Waals surface area contributed by atoms with Crippen LogP contribution >= 0.6 is 23.2 Å². The number of aliphatic hydroxyl groups excluding tert-OH is 1. The van der Waals surface area contributed by atoms with Gasteiger partial charge in [-0.2, -0.15) is 13.5 Å². The SMILES string of the molecule is Cc1[nH]nc(S(=O)(=O)Nc2c(Cl)cc(F)cc2Cl)c1CO. The summed E-state index contributed by atoms with van der Waals surface area (Å²) in [5, 5.41) is 14.5. The van der Waals surface area contributed by atoms with Gasteiger partial charge in [0.2, 0.25) is 5.03 Å². The largest absolute Gasteiger partial charge is 0.392 e. The molecule has 1 aromatic heterocycles. The van der Waals surface area contributed by atoms with Crippen LogP contribution in [0.1, 0.15) is 11.3 Å². The van der Waals surface area contributed by atoms with Crippen molar-refractivity contribution in [3.05, 3.63) is 39.3 Å². The van der Waals surface area contributed by atoms with E-state index in [0.717, 1.165) is 12.1 Å². The third-order valence-corrected chi connectivity index (χ3v) is 4.61. The highest BCUT2D eigenvalue weighted by molar-refractivity contribution is 7.92. The Morgan fingerprint density at radius 1 is 1.38 bits per heavy atom. The Hall–Kier alpha value is -1.35. The lowest BCUT2D eigenvalue weighted by Gasteiger charge is -2.10. The average Bonchev–Trinajstić information content (AvgIpc) is 2.75. The van der Waals surface area contributed by atoms with Crippen LogP contribution in [0.5, 0.6) is 0 Å². The lowest BCUT2D eigenvalue weighted by molar-refractivity contribution is 0.277. The number of H-pyrrole nitrogens is 1. The number of anilines is 1. The number of aliphatic hydroxyl groups is 1. The second-order valence-electron chi connectivity index (χ2n) is 4.14. The molecule has 0 bridgehead atoms. The minimum Gasteiger partial charge on any atom is -0.392 e. The molecule has 1 aromatic carbocycles. The van der Waals surface area contributed by atoms with Gasteiger partial charge in [-0.25, -0.2) is 4.39 Å². The van der Waals surface area contributed by atoms with Crippen LogP contribution in [-0.4, -0.2) is 23.7 Å². The molecule has 0 saturated carbocycles. The number of aromatic nitrogens is 2. The van der Waals surface area contributed by atoms with Gasteiger partial charge in [0.15, 0.2) is 0 Å². The standard InChI is InChI=1S/C11H10Cl2FN3O3S/c1-5-7(4-18)11(16-15-5)21(19,20)17-10-8(12)2-6(14)3-9(10)13/h2-3,17-18H,4H2,1H3,(H,15,16). The molecule has 0 amide bonds. The van der Waals surface area contributed by atoms with Crippen LogP contribution in [0.15, 0.2) is 17.2 Å². The fourth-order valence-corrected chi connectivity index (χ4v) is 3.62. The highest BCUT2D eigenvalue weighted by atomic mass is 35.5. The van der Waals surface area contributed by atoms with Gasteiger partial charge in [0, 0.05) is 11.3 Å². The number of rotatable bonds is 4. The lowest BCUT2D eigenvalue weighted by atomic mass is 10.3. The number of halogens is 3. The third kappa shape index (κ3) is 3.13. The van der Waals surface area contributed by atoms with Crippen LogP contribution in [-0.2, 0) is 16.6 Å². The summed E-state index contributed by atoms with van der Waals surface area (Å²) in [6, 6.07) is 1.85. The van der Waals surface area contributed by atoms with E-state index in [1.54, 1.807) is 6.92 Å². The van der Waals surface area contributed by atoms with E-state index < -0.39 is 22.4 Å². The van der Waals surface area contributed by atoms with Gasteiger partial charge in [-0.05, 0) is 19.1 Å². The molecule has 1 heterocycles. The van der Waals surface area contributed by atoms with Crippen molar-refractivity contribution < 1.29 is 17.9 Å². The number of aromatic amines is 1. The van der Waals surface area contributed by atoms with Crippen molar-refractivity contribution in [2.75, 3.05) is 4.72 Å². The zero-order chi connectivity index (χ0) is 15.8. The quantitative estimate of drug-likeness (QED) is 0.786. The van der Waals surface area contributed by atoms with Gasteiger partial charge in [-0.15, -0.1) is 0 Å². The van der Waals surface area contributed by atoms with Crippen molar-refractivity contribution in [1.29, 1.82) is 0 Å². The van der Waals surface area contributed by atoms with E-state index in [0.29, 0.717) is 5.69 Å². The van der Waals surface area contributed by atoms with Crippen LogP contribution < -0.4 is 4.72 Å². The van der Waals surface area contributed by atoms with Crippen LogP contribution in [0.25, 0.3) is 0 Å². The number of sulfonamides is 1. The Kier molecular flexibility index (Phi) is 4.43. The summed E-state index contributed by atoms with van der Waals surface area (Å²) in [6.07, 6.45) is 0. The molecule has 0 aliphatic carbocycles. The summed E-state index contributed by atoms with van der Waals surface area (Å²) < 4.78 is 39.8. The van der Waals surface area contributed by atoms with Crippen LogP contribution in [0.4, 0.5) is 10.1 Å². The number of nitrogens with zero attached hydrogens (tertiary/aromatic N) is 1. The molecular formula is C11H10Cl2FN3O3S.